The summed E-state index contributed by atoms with van der Waals surface area (Å²) < 4.78 is 5.02. The summed E-state index contributed by atoms with van der Waals surface area (Å²) in [5.74, 6) is 2.49. The summed E-state index contributed by atoms with van der Waals surface area (Å²) in [6.45, 7) is 1.80. The van der Waals surface area contributed by atoms with Gasteiger partial charge in [0.15, 0.2) is 11.5 Å². The third-order valence-electron chi connectivity index (χ3n) is 1.59. The van der Waals surface area contributed by atoms with E-state index in [4.69, 9.17) is 11.2 Å². The maximum Gasteiger partial charge on any atom is 0.162 e. The molecule has 0 spiro atoms. The van der Waals surface area contributed by atoms with E-state index in [0.717, 1.165) is 0 Å². The first kappa shape index (κ1) is 9.27. The van der Waals surface area contributed by atoms with Gasteiger partial charge in [-0.15, -0.1) is 6.42 Å². The summed E-state index contributed by atoms with van der Waals surface area (Å²) in [7, 11) is 0. The van der Waals surface area contributed by atoms with Gasteiger partial charge in [0.1, 0.15) is 12.4 Å². The molecule has 0 atom stereocenters. The van der Waals surface area contributed by atoms with Crippen LogP contribution in [0.1, 0.15) is 5.56 Å². The van der Waals surface area contributed by atoms with Crippen molar-refractivity contribution in [3.8, 4) is 29.6 Å². The third-order valence-corrected chi connectivity index (χ3v) is 1.59. The molecule has 0 aliphatic rings. The highest BCUT2D eigenvalue weighted by molar-refractivity contribution is 5.48. The lowest BCUT2D eigenvalue weighted by Gasteiger charge is -2.07. The predicted octanol–water partition coefficient (Wildman–Crippen LogP) is 1.42. The molecule has 3 nitrogen and oxygen atoms in total. The van der Waals surface area contributed by atoms with Gasteiger partial charge >= 0.3 is 0 Å². The molecular weight excluding hydrogens is 168 g/mol. The highest BCUT2D eigenvalue weighted by Crippen LogP contribution is 2.32. The Balaban J connectivity index is 2.96. The van der Waals surface area contributed by atoms with Crippen molar-refractivity contribution in [2.45, 2.75) is 6.92 Å². The van der Waals surface area contributed by atoms with Gasteiger partial charge in [0.25, 0.3) is 0 Å². The van der Waals surface area contributed by atoms with Crippen LogP contribution in [0.4, 0.5) is 0 Å². The number of hydrogen-bond acceptors (Lipinski definition) is 3. The highest BCUT2D eigenvalue weighted by Gasteiger charge is 2.05. The molecule has 0 fully saturated rings. The van der Waals surface area contributed by atoms with Crippen LogP contribution in [0.3, 0.4) is 0 Å². The van der Waals surface area contributed by atoms with Crippen LogP contribution in [0, 0.1) is 19.3 Å². The quantitative estimate of drug-likeness (QED) is 0.673. The van der Waals surface area contributed by atoms with Gasteiger partial charge in [-0.05, 0) is 18.6 Å². The molecule has 0 aliphatic carbocycles. The molecule has 0 amide bonds. The van der Waals surface area contributed by atoms with E-state index in [9.17, 15) is 10.2 Å². The fourth-order valence-corrected chi connectivity index (χ4v) is 0.894. The van der Waals surface area contributed by atoms with E-state index in [0.29, 0.717) is 5.56 Å². The van der Waals surface area contributed by atoms with Gasteiger partial charge in [0.2, 0.25) is 0 Å². The summed E-state index contributed by atoms with van der Waals surface area (Å²) >= 11 is 0. The van der Waals surface area contributed by atoms with Crippen molar-refractivity contribution in [3.05, 3.63) is 17.7 Å². The molecule has 1 aromatic rings. The Morgan fingerprint density at radius 2 is 2.08 bits per heavy atom. The van der Waals surface area contributed by atoms with Crippen LogP contribution in [-0.2, 0) is 0 Å². The van der Waals surface area contributed by atoms with E-state index in [1.54, 1.807) is 6.92 Å². The molecule has 13 heavy (non-hydrogen) atoms. The van der Waals surface area contributed by atoms with Crippen molar-refractivity contribution in [1.82, 2.24) is 0 Å². The van der Waals surface area contributed by atoms with E-state index in [2.05, 4.69) is 5.92 Å². The second-order valence-electron chi connectivity index (χ2n) is 2.60. The zero-order chi connectivity index (χ0) is 9.84. The Kier molecular flexibility index (Phi) is 2.65. The number of aromatic hydroxyl groups is 2. The topological polar surface area (TPSA) is 49.7 Å². The minimum absolute atomic E-state index is 0.0329. The fraction of sp³-hybridized carbons (Fsp3) is 0.200. The average molecular weight is 178 g/mol. The first-order chi connectivity index (χ1) is 6.15. The number of aryl methyl sites for hydroxylation is 1. The summed E-state index contributed by atoms with van der Waals surface area (Å²) in [5, 5.41) is 18.5. The van der Waals surface area contributed by atoms with Gasteiger partial charge in [-0.25, -0.2) is 0 Å². The maximum absolute atomic E-state index is 9.29. The second kappa shape index (κ2) is 3.72. The molecule has 0 saturated heterocycles. The van der Waals surface area contributed by atoms with Crippen molar-refractivity contribution >= 4 is 0 Å². The van der Waals surface area contributed by atoms with Crippen molar-refractivity contribution in [3.63, 3.8) is 0 Å². The summed E-state index contributed by atoms with van der Waals surface area (Å²) in [4.78, 5) is 0. The molecule has 0 aromatic heterocycles. The van der Waals surface area contributed by atoms with Crippen LogP contribution in [0.2, 0.25) is 0 Å². The molecule has 0 unspecified atom stereocenters. The fourth-order valence-electron chi connectivity index (χ4n) is 0.894. The van der Waals surface area contributed by atoms with E-state index >= 15 is 0 Å². The molecule has 0 radical (unpaired) electrons. The summed E-state index contributed by atoms with van der Waals surface area (Å²) in [6.07, 6.45) is 4.99. The van der Waals surface area contributed by atoms with Gasteiger partial charge in [0.05, 0.1) is 0 Å². The second-order valence-corrected chi connectivity index (χ2v) is 2.60. The standard InChI is InChI=1S/C10H10O3/c1-3-4-13-10-5-7(2)8(11)6-9(10)12/h1,5-6,11-12H,4H2,2H3. The minimum Gasteiger partial charge on any atom is -0.508 e. The first-order valence-corrected chi connectivity index (χ1v) is 3.74. The number of terminal acetylenes is 1. The van der Waals surface area contributed by atoms with E-state index in [-0.39, 0.29) is 23.9 Å². The number of phenolic OH excluding ortho intramolecular Hbond substituents is 2. The van der Waals surface area contributed by atoms with Gasteiger partial charge in [0, 0.05) is 6.07 Å². The number of benzene rings is 1. The van der Waals surface area contributed by atoms with E-state index in [1.807, 2.05) is 0 Å². The van der Waals surface area contributed by atoms with Crippen LogP contribution in [0.15, 0.2) is 12.1 Å². The summed E-state index contributed by atoms with van der Waals surface area (Å²) in [5.41, 5.74) is 0.629. The number of phenols is 2. The lowest BCUT2D eigenvalue weighted by molar-refractivity contribution is 0.339. The van der Waals surface area contributed by atoms with Crippen molar-refractivity contribution in [1.29, 1.82) is 0 Å². The van der Waals surface area contributed by atoms with Gasteiger partial charge in [-0.2, -0.15) is 0 Å². The number of hydrogen-bond donors (Lipinski definition) is 2. The monoisotopic (exact) mass is 178 g/mol. The first-order valence-electron chi connectivity index (χ1n) is 3.74. The molecular formula is C10H10O3. The molecule has 1 rings (SSSR count). The third kappa shape index (κ3) is 2.06. The number of rotatable bonds is 2. The number of ether oxygens (including phenoxy) is 1. The Morgan fingerprint density at radius 3 is 2.69 bits per heavy atom. The minimum atomic E-state index is -0.113. The molecule has 3 heteroatoms. The van der Waals surface area contributed by atoms with Gasteiger partial charge in [-0.1, -0.05) is 5.92 Å². The Hall–Kier alpha value is -1.82. The van der Waals surface area contributed by atoms with E-state index < -0.39 is 0 Å². The smallest absolute Gasteiger partial charge is 0.162 e. The predicted molar refractivity (Wildman–Crippen MR) is 48.8 cm³/mol. The molecule has 2 N–H and O–H groups in total. The lowest BCUT2D eigenvalue weighted by atomic mass is 10.2. The Labute approximate surface area is 76.6 Å². The SMILES string of the molecule is C#CCOc1cc(C)c(O)cc1O. The van der Waals surface area contributed by atoms with Crippen LogP contribution in [-0.4, -0.2) is 16.8 Å². The molecule has 68 valence electrons. The van der Waals surface area contributed by atoms with Gasteiger partial charge in [-0.3, -0.25) is 0 Å². The average Bonchev–Trinajstić information content (AvgIpc) is 2.09. The largest absolute Gasteiger partial charge is 0.508 e. The van der Waals surface area contributed by atoms with Gasteiger partial charge < -0.3 is 14.9 Å². The van der Waals surface area contributed by atoms with Crippen LogP contribution in [0.5, 0.6) is 17.2 Å². The maximum atomic E-state index is 9.29. The molecule has 0 saturated carbocycles. The lowest BCUT2D eigenvalue weighted by Crippen LogP contribution is -1.94. The van der Waals surface area contributed by atoms with Crippen molar-refractivity contribution in [2.75, 3.05) is 6.61 Å². The Morgan fingerprint density at radius 1 is 1.38 bits per heavy atom. The highest BCUT2D eigenvalue weighted by atomic mass is 16.5. The van der Waals surface area contributed by atoms with Crippen molar-refractivity contribution in [2.24, 2.45) is 0 Å². The van der Waals surface area contributed by atoms with E-state index in [1.165, 1.54) is 12.1 Å². The van der Waals surface area contributed by atoms with Crippen LogP contribution < -0.4 is 4.74 Å². The van der Waals surface area contributed by atoms with Crippen LogP contribution in [0.25, 0.3) is 0 Å². The molecule has 0 aliphatic heterocycles. The zero-order valence-electron chi connectivity index (χ0n) is 7.24. The molecule has 0 heterocycles. The van der Waals surface area contributed by atoms with Crippen molar-refractivity contribution < 1.29 is 14.9 Å². The zero-order valence-corrected chi connectivity index (χ0v) is 7.24. The molecule has 0 bridgehead atoms. The normalized spacial score (nSPS) is 9.23. The van der Waals surface area contributed by atoms with Crippen LogP contribution >= 0.6 is 0 Å². The Bertz CT molecular complexity index is 350. The molecule has 1 aromatic carbocycles. The summed E-state index contributed by atoms with van der Waals surface area (Å²) in [6, 6.07) is 2.75.